The van der Waals surface area contributed by atoms with Gasteiger partial charge in [0, 0.05) is 18.5 Å². The monoisotopic (exact) mass is 240 g/mol. The number of nitrogens with one attached hydrogen (secondary N) is 1. The molecule has 1 aliphatic carbocycles. The number of rotatable bonds is 8. The quantitative estimate of drug-likeness (QED) is 0.661. The zero-order valence-electron chi connectivity index (χ0n) is 11.8. The van der Waals surface area contributed by atoms with Crippen LogP contribution in [0.2, 0.25) is 0 Å². The van der Waals surface area contributed by atoms with Crippen LogP contribution < -0.4 is 5.32 Å². The predicted octanol–water partition coefficient (Wildman–Crippen LogP) is 2.41. The first-order valence-corrected chi connectivity index (χ1v) is 7.07. The highest BCUT2D eigenvalue weighted by Gasteiger charge is 2.36. The van der Waals surface area contributed by atoms with Crippen LogP contribution in [0.3, 0.4) is 0 Å². The second-order valence-corrected chi connectivity index (χ2v) is 5.37. The van der Waals surface area contributed by atoms with E-state index in [1.165, 1.54) is 12.8 Å². The van der Waals surface area contributed by atoms with E-state index in [0.717, 1.165) is 19.4 Å². The van der Waals surface area contributed by atoms with Gasteiger partial charge in [0.1, 0.15) is 0 Å². The third-order valence-corrected chi connectivity index (χ3v) is 3.95. The third kappa shape index (κ3) is 4.30. The molecule has 0 bridgehead atoms. The van der Waals surface area contributed by atoms with Gasteiger partial charge in [0.05, 0.1) is 0 Å². The Morgan fingerprint density at radius 3 is 2.53 bits per heavy atom. The topological polar surface area (TPSA) is 32.3 Å². The van der Waals surface area contributed by atoms with Crippen LogP contribution in [0.1, 0.15) is 52.9 Å². The van der Waals surface area contributed by atoms with Gasteiger partial charge < -0.3 is 10.2 Å². The Balaban J connectivity index is 2.49. The van der Waals surface area contributed by atoms with E-state index in [-0.39, 0.29) is 0 Å². The van der Waals surface area contributed by atoms with E-state index < -0.39 is 0 Å². The summed E-state index contributed by atoms with van der Waals surface area (Å²) in [7, 11) is 1.94. The van der Waals surface area contributed by atoms with Gasteiger partial charge in [-0.15, -0.1) is 0 Å². The van der Waals surface area contributed by atoms with Crippen molar-refractivity contribution >= 4 is 5.91 Å². The average Bonchev–Trinajstić information content (AvgIpc) is 3.13. The molecule has 0 aromatic rings. The molecule has 1 saturated carbocycles. The Labute approximate surface area is 106 Å². The summed E-state index contributed by atoms with van der Waals surface area (Å²) in [6, 6.07) is 0.940. The molecule has 0 heterocycles. The molecule has 100 valence electrons. The fourth-order valence-electron chi connectivity index (χ4n) is 2.28. The van der Waals surface area contributed by atoms with Gasteiger partial charge in [-0.25, -0.2) is 0 Å². The van der Waals surface area contributed by atoms with Crippen molar-refractivity contribution in [3.05, 3.63) is 0 Å². The van der Waals surface area contributed by atoms with E-state index in [2.05, 4.69) is 31.0 Å². The molecule has 1 rings (SSSR count). The number of nitrogens with zero attached hydrogens (tertiary/aromatic N) is 1. The fourth-order valence-corrected chi connectivity index (χ4v) is 2.28. The van der Waals surface area contributed by atoms with Gasteiger partial charge in [-0.2, -0.15) is 0 Å². The van der Waals surface area contributed by atoms with Crippen molar-refractivity contribution < 1.29 is 4.79 Å². The van der Waals surface area contributed by atoms with Crippen molar-refractivity contribution in [2.24, 2.45) is 5.92 Å². The normalized spacial score (nSPS) is 18.8. The van der Waals surface area contributed by atoms with Crippen molar-refractivity contribution in [1.29, 1.82) is 0 Å². The molecule has 0 spiro atoms. The zero-order valence-corrected chi connectivity index (χ0v) is 11.8. The van der Waals surface area contributed by atoms with Gasteiger partial charge in [-0.3, -0.25) is 4.79 Å². The summed E-state index contributed by atoms with van der Waals surface area (Å²) in [5, 5.41) is 3.10. The molecule has 1 aliphatic rings. The Morgan fingerprint density at radius 2 is 2.06 bits per heavy atom. The van der Waals surface area contributed by atoms with Crippen LogP contribution in [-0.4, -0.2) is 36.5 Å². The maximum absolute atomic E-state index is 12.3. The van der Waals surface area contributed by atoms with Gasteiger partial charge in [0.25, 0.3) is 0 Å². The van der Waals surface area contributed by atoms with Gasteiger partial charge >= 0.3 is 0 Å². The molecule has 0 saturated heterocycles. The van der Waals surface area contributed by atoms with Gasteiger partial charge in [0.15, 0.2) is 0 Å². The van der Waals surface area contributed by atoms with E-state index in [4.69, 9.17) is 0 Å². The van der Waals surface area contributed by atoms with Crippen LogP contribution in [0.5, 0.6) is 0 Å². The molecule has 1 amide bonds. The lowest BCUT2D eigenvalue weighted by Crippen LogP contribution is -2.43. The number of hydrogen-bond acceptors (Lipinski definition) is 2. The summed E-state index contributed by atoms with van der Waals surface area (Å²) >= 11 is 0. The molecule has 3 nitrogen and oxygen atoms in total. The number of amides is 1. The molecule has 0 aromatic carbocycles. The van der Waals surface area contributed by atoms with Crippen LogP contribution >= 0.6 is 0 Å². The summed E-state index contributed by atoms with van der Waals surface area (Å²) in [6.45, 7) is 7.60. The molecule has 17 heavy (non-hydrogen) atoms. The Bertz CT molecular complexity index is 238. The van der Waals surface area contributed by atoms with Crippen molar-refractivity contribution in [2.45, 2.75) is 65.0 Å². The molecule has 1 N–H and O–H groups in total. The maximum atomic E-state index is 12.3. The fraction of sp³-hybridized carbons (Fsp3) is 0.929. The minimum absolute atomic E-state index is 0.357. The second-order valence-electron chi connectivity index (χ2n) is 5.37. The van der Waals surface area contributed by atoms with Gasteiger partial charge in [-0.05, 0) is 45.7 Å². The van der Waals surface area contributed by atoms with E-state index in [1.807, 2.05) is 7.05 Å². The van der Waals surface area contributed by atoms with Crippen LogP contribution in [0, 0.1) is 5.92 Å². The average molecular weight is 240 g/mol. The van der Waals surface area contributed by atoms with Crippen molar-refractivity contribution in [1.82, 2.24) is 10.2 Å². The first-order chi connectivity index (χ1) is 8.11. The molecule has 0 aliphatic heterocycles. The van der Waals surface area contributed by atoms with Crippen LogP contribution in [0.25, 0.3) is 0 Å². The zero-order chi connectivity index (χ0) is 12.8. The van der Waals surface area contributed by atoms with Crippen LogP contribution in [0.4, 0.5) is 0 Å². The predicted molar refractivity (Wildman–Crippen MR) is 71.9 cm³/mol. The third-order valence-electron chi connectivity index (χ3n) is 3.95. The summed E-state index contributed by atoms with van der Waals surface area (Å²) in [5.74, 6) is 0.958. The Kier molecular flexibility index (Phi) is 5.96. The molecule has 0 radical (unpaired) electrons. The molecule has 1 fully saturated rings. The van der Waals surface area contributed by atoms with Gasteiger partial charge in [0.2, 0.25) is 5.91 Å². The van der Waals surface area contributed by atoms with Crippen molar-refractivity contribution in [3.63, 3.8) is 0 Å². The molecule has 2 atom stereocenters. The lowest BCUT2D eigenvalue weighted by atomic mass is 9.98. The maximum Gasteiger partial charge on any atom is 0.223 e. The summed E-state index contributed by atoms with van der Waals surface area (Å²) in [4.78, 5) is 14.4. The SMILES string of the molecule is CCC(C)C(C)N(C(=O)CCCNC)C1CC1. The molecule has 0 aromatic heterocycles. The molecular weight excluding hydrogens is 212 g/mol. The summed E-state index contributed by atoms with van der Waals surface area (Å²) in [5.41, 5.74) is 0. The van der Waals surface area contributed by atoms with E-state index >= 15 is 0 Å². The number of hydrogen-bond donors (Lipinski definition) is 1. The van der Waals surface area contributed by atoms with E-state index in [0.29, 0.717) is 30.3 Å². The van der Waals surface area contributed by atoms with E-state index in [9.17, 15) is 4.79 Å². The van der Waals surface area contributed by atoms with Crippen LogP contribution in [0.15, 0.2) is 0 Å². The van der Waals surface area contributed by atoms with E-state index in [1.54, 1.807) is 0 Å². The van der Waals surface area contributed by atoms with Crippen LogP contribution in [-0.2, 0) is 4.79 Å². The summed E-state index contributed by atoms with van der Waals surface area (Å²) in [6.07, 6.45) is 5.20. The highest BCUT2D eigenvalue weighted by molar-refractivity contribution is 5.77. The minimum Gasteiger partial charge on any atom is -0.337 e. The lowest BCUT2D eigenvalue weighted by Gasteiger charge is -2.33. The van der Waals surface area contributed by atoms with Crippen molar-refractivity contribution in [3.8, 4) is 0 Å². The first kappa shape index (κ1) is 14.5. The first-order valence-electron chi connectivity index (χ1n) is 7.07. The Morgan fingerprint density at radius 1 is 1.41 bits per heavy atom. The summed E-state index contributed by atoms with van der Waals surface area (Å²) < 4.78 is 0. The van der Waals surface area contributed by atoms with Crippen molar-refractivity contribution in [2.75, 3.05) is 13.6 Å². The standard InChI is InChI=1S/C14H28N2O/c1-5-11(2)12(3)16(13-8-9-13)14(17)7-6-10-15-4/h11-13,15H,5-10H2,1-4H3. The minimum atomic E-state index is 0.357. The molecular formula is C14H28N2O. The molecule has 2 unspecified atom stereocenters. The highest BCUT2D eigenvalue weighted by Crippen LogP contribution is 2.32. The highest BCUT2D eigenvalue weighted by atomic mass is 16.2. The van der Waals surface area contributed by atoms with Gasteiger partial charge in [-0.1, -0.05) is 20.3 Å². The Hall–Kier alpha value is -0.570. The lowest BCUT2D eigenvalue weighted by molar-refractivity contribution is -0.135. The largest absolute Gasteiger partial charge is 0.337 e. The molecule has 3 heteroatoms. The number of carbonyl (C=O) groups is 1. The second kappa shape index (κ2) is 7.00. The smallest absolute Gasteiger partial charge is 0.223 e. The number of carbonyl (C=O) groups excluding carboxylic acids is 1.